The zero-order valence-corrected chi connectivity index (χ0v) is 12.2. The Morgan fingerprint density at radius 2 is 2.12 bits per heavy atom. The summed E-state index contributed by atoms with van der Waals surface area (Å²) in [5.41, 5.74) is 2.56. The van der Waals surface area contributed by atoms with E-state index < -0.39 is 0 Å². The molecule has 3 heteroatoms. The average molecular weight is 330 g/mol. The zero-order chi connectivity index (χ0) is 11.3. The summed E-state index contributed by atoms with van der Waals surface area (Å²) in [5, 5.41) is 4.67. The van der Waals surface area contributed by atoms with Crippen molar-refractivity contribution in [2.24, 2.45) is 17.8 Å². The van der Waals surface area contributed by atoms with Crippen LogP contribution in [0.25, 0.3) is 0 Å². The van der Waals surface area contributed by atoms with E-state index in [2.05, 4.69) is 46.2 Å². The van der Waals surface area contributed by atoms with Crippen LogP contribution in [0, 0.1) is 35.2 Å². The van der Waals surface area contributed by atoms with Crippen molar-refractivity contribution in [1.29, 1.82) is 0 Å². The van der Waals surface area contributed by atoms with Crippen molar-refractivity contribution in [1.82, 2.24) is 9.78 Å². The van der Waals surface area contributed by atoms with E-state index >= 15 is 0 Å². The highest BCUT2D eigenvalue weighted by Gasteiger charge is 2.39. The van der Waals surface area contributed by atoms with Crippen LogP contribution in [0.2, 0.25) is 0 Å². The van der Waals surface area contributed by atoms with Crippen molar-refractivity contribution in [3.05, 3.63) is 15.0 Å². The van der Waals surface area contributed by atoms with Crippen LogP contribution in [-0.4, -0.2) is 9.78 Å². The molecule has 1 heterocycles. The number of hydrogen-bond donors (Lipinski definition) is 0. The molecule has 2 aliphatic rings. The fraction of sp³-hybridized carbons (Fsp3) is 0.769. The van der Waals surface area contributed by atoms with Crippen molar-refractivity contribution in [3.63, 3.8) is 0 Å². The van der Waals surface area contributed by atoms with Gasteiger partial charge in [-0.15, -0.1) is 0 Å². The van der Waals surface area contributed by atoms with Gasteiger partial charge in [0.15, 0.2) is 0 Å². The molecule has 2 nitrogen and oxygen atoms in total. The van der Waals surface area contributed by atoms with Crippen molar-refractivity contribution in [2.45, 2.75) is 46.1 Å². The molecule has 2 bridgehead atoms. The third-order valence-corrected chi connectivity index (χ3v) is 6.15. The van der Waals surface area contributed by atoms with Gasteiger partial charge in [0.05, 0.1) is 9.26 Å². The van der Waals surface area contributed by atoms with Crippen molar-refractivity contribution in [3.8, 4) is 0 Å². The summed E-state index contributed by atoms with van der Waals surface area (Å²) in [5.74, 6) is 2.96. The maximum atomic E-state index is 4.67. The third kappa shape index (κ3) is 1.71. The van der Waals surface area contributed by atoms with Gasteiger partial charge < -0.3 is 0 Å². The minimum absolute atomic E-state index is 0.910. The first-order valence-corrected chi connectivity index (χ1v) is 7.42. The minimum Gasteiger partial charge on any atom is -0.268 e. The number of fused-ring (bicyclic) bond motifs is 2. The highest BCUT2D eigenvalue weighted by molar-refractivity contribution is 14.1. The lowest BCUT2D eigenvalue weighted by Gasteiger charge is -2.22. The molecule has 3 unspecified atom stereocenters. The van der Waals surface area contributed by atoms with Crippen molar-refractivity contribution in [2.75, 3.05) is 0 Å². The van der Waals surface area contributed by atoms with E-state index in [0.29, 0.717) is 0 Å². The molecule has 2 aliphatic carbocycles. The van der Waals surface area contributed by atoms with E-state index in [4.69, 9.17) is 0 Å². The number of nitrogens with zero attached hydrogens (tertiary/aromatic N) is 2. The molecule has 0 spiro atoms. The summed E-state index contributed by atoms with van der Waals surface area (Å²) in [7, 11) is 0. The summed E-state index contributed by atoms with van der Waals surface area (Å²) in [6.45, 7) is 5.48. The maximum Gasteiger partial charge on any atom is 0.0729 e. The van der Waals surface area contributed by atoms with Crippen LogP contribution in [0.4, 0.5) is 0 Å². The average Bonchev–Trinajstić information content (AvgIpc) is 2.92. The van der Waals surface area contributed by atoms with E-state index in [-0.39, 0.29) is 0 Å². The molecular weight excluding hydrogens is 311 g/mol. The molecule has 0 saturated heterocycles. The molecule has 1 aromatic heterocycles. The fourth-order valence-corrected chi connectivity index (χ4v) is 4.06. The molecule has 1 aromatic rings. The van der Waals surface area contributed by atoms with Gasteiger partial charge >= 0.3 is 0 Å². The third-order valence-electron chi connectivity index (χ3n) is 4.59. The number of aromatic nitrogens is 2. The molecule has 0 aliphatic heterocycles. The van der Waals surface area contributed by atoms with Gasteiger partial charge in [-0.05, 0) is 73.5 Å². The largest absolute Gasteiger partial charge is 0.268 e. The van der Waals surface area contributed by atoms with Gasteiger partial charge in [-0.3, -0.25) is 4.68 Å². The molecule has 2 fully saturated rings. The Labute approximate surface area is 111 Å². The molecule has 16 heavy (non-hydrogen) atoms. The highest BCUT2D eigenvalue weighted by Crippen LogP contribution is 2.48. The van der Waals surface area contributed by atoms with Gasteiger partial charge in [-0.1, -0.05) is 6.42 Å². The molecule has 0 radical (unpaired) electrons. The lowest BCUT2D eigenvalue weighted by molar-refractivity contribution is 0.283. The van der Waals surface area contributed by atoms with Gasteiger partial charge in [-0.2, -0.15) is 5.10 Å². The standard InChI is InChI=1S/C13H19IN2/c1-8-13(14)9(2)16(15-8)7-12-6-10-3-4-11(12)5-10/h10-12H,3-7H2,1-2H3. The Balaban J connectivity index is 1.77. The fourth-order valence-electron chi connectivity index (χ4n) is 3.68. The molecule has 0 amide bonds. The summed E-state index contributed by atoms with van der Waals surface area (Å²) >= 11 is 2.42. The van der Waals surface area contributed by atoms with Crippen LogP contribution in [0.15, 0.2) is 0 Å². The van der Waals surface area contributed by atoms with Crippen molar-refractivity contribution < 1.29 is 0 Å². The smallest absolute Gasteiger partial charge is 0.0729 e. The van der Waals surface area contributed by atoms with Gasteiger partial charge in [-0.25, -0.2) is 0 Å². The molecule has 3 rings (SSSR count). The predicted molar refractivity (Wildman–Crippen MR) is 73.4 cm³/mol. The second kappa shape index (κ2) is 4.00. The quantitative estimate of drug-likeness (QED) is 0.759. The van der Waals surface area contributed by atoms with Gasteiger partial charge in [0.25, 0.3) is 0 Å². The van der Waals surface area contributed by atoms with E-state index in [9.17, 15) is 0 Å². The first kappa shape index (κ1) is 11.1. The molecule has 0 N–H and O–H groups in total. The number of hydrogen-bond acceptors (Lipinski definition) is 1. The molecule has 2 saturated carbocycles. The van der Waals surface area contributed by atoms with E-state index in [1.165, 1.54) is 40.6 Å². The zero-order valence-electron chi connectivity index (χ0n) is 10.0. The lowest BCUT2D eigenvalue weighted by Crippen LogP contribution is -2.18. The number of halogens is 1. The van der Waals surface area contributed by atoms with Crippen LogP contribution >= 0.6 is 22.6 Å². The molecule has 0 aromatic carbocycles. The lowest BCUT2D eigenvalue weighted by atomic mass is 9.89. The van der Waals surface area contributed by atoms with E-state index in [1.807, 2.05) is 0 Å². The Morgan fingerprint density at radius 3 is 2.62 bits per heavy atom. The maximum absolute atomic E-state index is 4.67. The molecule has 3 atom stereocenters. The van der Waals surface area contributed by atoms with Crippen LogP contribution < -0.4 is 0 Å². The van der Waals surface area contributed by atoms with Gasteiger partial charge in [0.1, 0.15) is 0 Å². The van der Waals surface area contributed by atoms with Gasteiger partial charge in [0.2, 0.25) is 0 Å². The van der Waals surface area contributed by atoms with E-state index in [1.54, 1.807) is 0 Å². The SMILES string of the molecule is Cc1nn(CC2CC3CCC2C3)c(C)c1I. The predicted octanol–water partition coefficient (Wildman–Crippen LogP) is 3.54. The second-order valence-corrected chi connectivity index (χ2v) is 6.68. The molecule has 88 valence electrons. The Kier molecular flexibility index (Phi) is 2.76. The Morgan fingerprint density at radius 1 is 1.31 bits per heavy atom. The number of rotatable bonds is 2. The van der Waals surface area contributed by atoms with Crippen LogP contribution in [0.5, 0.6) is 0 Å². The Bertz CT molecular complexity index is 410. The monoisotopic (exact) mass is 330 g/mol. The highest BCUT2D eigenvalue weighted by atomic mass is 127. The first-order valence-electron chi connectivity index (χ1n) is 6.34. The minimum atomic E-state index is 0.910. The van der Waals surface area contributed by atoms with Crippen LogP contribution in [0.3, 0.4) is 0 Å². The van der Waals surface area contributed by atoms with Crippen LogP contribution in [0.1, 0.15) is 37.1 Å². The summed E-state index contributed by atoms with van der Waals surface area (Å²) in [6.07, 6.45) is 5.93. The van der Waals surface area contributed by atoms with Crippen LogP contribution in [-0.2, 0) is 6.54 Å². The molecular formula is C13H19IN2. The second-order valence-electron chi connectivity index (χ2n) is 5.60. The summed E-state index contributed by atoms with van der Waals surface area (Å²) in [4.78, 5) is 0. The van der Waals surface area contributed by atoms with E-state index in [0.717, 1.165) is 24.3 Å². The topological polar surface area (TPSA) is 17.8 Å². The number of aryl methyl sites for hydroxylation is 1. The van der Waals surface area contributed by atoms with Gasteiger partial charge in [0, 0.05) is 12.2 Å². The Hall–Kier alpha value is -0.0600. The summed E-state index contributed by atoms with van der Waals surface area (Å²) in [6, 6.07) is 0. The first-order chi connectivity index (χ1) is 7.65. The summed E-state index contributed by atoms with van der Waals surface area (Å²) < 4.78 is 3.60. The normalized spacial score (nSPS) is 32.6. The van der Waals surface area contributed by atoms with Crippen molar-refractivity contribution >= 4 is 22.6 Å².